The largest absolute Gasteiger partial charge is 0.493 e. The summed E-state index contributed by atoms with van der Waals surface area (Å²) in [5.74, 6) is 1.04. The number of nitrogens with two attached hydrogens (primary N) is 1. The van der Waals surface area contributed by atoms with Crippen LogP contribution in [0.3, 0.4) is 0 Å². The molecule has 2 heterocycles. The second kappa shape index (κ2) is 6.65. The number of benzene rings is 1. The number of fused-ring (bicyclic) bond motifs is 1. The van der Waals surface area contributed by atoms with E-state index in [1.165, 1.54) is 11.1 Å². The van der Waals surface area contributed by atoms with Crippen LogP contribution >= 0.6 is 15.9 Å². The molecule has 0 spiro atoms. The Bertz CT molecular complexity index is 509. The Kier molecular flexibility index (Phi) is 4.84. The number of halogens is 1. The van der Waals surface area contributed by atoms with Gasteiger partial charge in [-0.2, -0.15) is 0 Å². The summed E-state index contributed by atoms with van der Waals surface area (Å²) < 4.78 is 12.8. The van der Waals surface area contributed by atoms with Gasteiger partial charge in [-0.25, -0.2) is 0 Å². The third-order valence-corrected chi connectivity index (χ3v) is 4.84. The summed E-state index contributed by atoms with van der Waals surface area (Å²) in [6, 6.07) is 4.28. The Morgan fingerprint density at radius 1 is 1.43 bits per heavy atom. The molecule has 0 amide bonds. The van der Waals surface area contributed by atoms with E-state index in [1.54, 1.807) is 0 Å². The molecular weight excluding hydrogens is 332 g/mol. The number of rotatable bonds is 4. The molecule has 5 heteroatoms. The lowest BCUT2D eigenvalue weighted by Gasteiger charge is -2.35. The van der Waals surface area contributed by atoms with Crippen LogP contribution in [0.2, 0.25) is 0 Å². The van der Waals surface area contributed by atoms with Crippen molar-refractivity contribution in [3.05, 3.63) is 27.7 Å². The molecule has 0 saturated carbocycles. The second-order valence-corrected chi connectivity index (χ2v) is 6.74. The van der Waals surface area contributed by atoms with Crippen LogP contribution in [-0.2, 0) is 17.6 Å². The van der Waals surface area contributed by atoms with Crippen molar-refractivity contribution in [3.63, 3.8) is 0 Å². The zero-order chi connectivity index (χ0) is 14.8. The van der Waals surface area contributed by atoms with Gasteiger partial charge in [0.05, 0.1) is 19.3 Å². The summed E-state index contributed by atoms with van der Waals surface area (Å²) >= 11 is 3.59. The van der Waals surface area contributed by atoms with Crippen molar-refractivity contribution in [1.82, 2.24) is 4.90 Å². The molecule has 2 atom stereocenters. The molecule has 0 aliphatic carbocycles. The van der Waals surface area contributed by atoms with Crippen molar-refractivity contribution < 1.29 is 9.47 Å². The summed E-state index contributed by atoms with van der Waals surface area (Å²) in [7, 11) is 0. The van der Waals surface area contributed by atoms with Gasteiger partial charge >= 0.3 is 0 Å². The first-order valence-corrected chi connectivity index (χ1v) is 8.50. The first-order valence-electron chi connectivity index (χ1n) is 7.71. The maximum Gasteiger partial charge on any atom is 0.125 e. The van der Waals surface area contributed by atoms with Crippen LogP contribution in [0.15, 0.2) is 16.6 Å². The van der Waals surface area contributed by atoms with Gasteiger partial charge in [0.2, 0.25) is 0 Å². The Labute approximate surface area is 134 Å². The lowest BCUT2D eigenvalue weighted by molar-refractivity contribution is -0.0386. The van der Waals surface area contributed by atoms with Gasteiger partial charge in [0, 0.05) is 30.0 Å². The van der Waals surface area contributed by atoms with Crippen LogP contribution in [0.5, 0.6) is 5.75 Å². The topological polar surface area (TPSA) is 47.7 Å². The number of hydrogen-bond donors (Lipinski definition) is 1. The summed E-state index contributed by atoms with van der Waals surface area (Å²) in [4.78, 5) is 2.40. The van der Waals surface area contributed by atoms with E-state index in [1.807, 2.05) is 0 Å². The molecule has 4 nitrogen and oxygen atoms in total. The Balaban J connectivity index is 1.71. The van der Waals surface area contributed by atoms with Crippen LogP contribution in [0, 0.1) is 0 Å². The molecule has 1 aromatic rings. The highest BCUT2D eigenvalue weighted by Crippen LogP contribution is 2.34. The first-order chi connectivity index (χ1) is 10.2. The lowest BCUT2D eigenvalue weighted by Crippen LogP contribution is -2.51. The van der Waals surface area contributed by atoms with Gasteiger partial charge in [-0.1, -0.05) is 22.9 Å². The Morgan fingerprint density at radius 3 is 3.10 bits per heavy atom. The van der Waals surface area contributed by atoms with Crippen LogP contribution in [0.4, 0.5) is 0 Å². The van der Waals surface area contributed by atoms with Gasteiger partial charge in [0.1, 0.15) is 5.75 Å². The molecule has 3 rings (SSSR count). The minimum atomic E-state index is 0.00181. The fourth-order valence-electron chi connectivity index (χ4n) is 3.16. The van der Waals surface area contributed by atoms with Gasteiger partial charge in [-0.15, -0.1) is 0 Å². The van der Waals surface area contributed by atoms with Gasteiger partial charge in [-0.05, 0) is 36.2 Å². The van der Waals surface area contributed by atoms with Crippen molar-refractivity contribution in [2.75, 3.05) is 32.8 Å². The highest BCUT2D eigenvalue weighted by molar-refractivity contribution is 9.10. The molecule has 0 radical (unpaired) electrons. The predicted molar refractivity (Wildman–Crippen MR) is 86.9 cm³/mol. The van der Waals surface area contributed by atoms with Crippen molar-refractivity contribution >= 4 is 15.9 Å². The van der Waals surface area contributed by atoms with E-state index in [0.29, 0.717) is 0 Å². The smallest absolute Gasteiger partial charge is 0.125 e. The number of likely N-dealkylation sites (N-methyl/N-ethyl adjacent to an activating group) is 1. The van der Waals surface area contributed by atoms with E-state index >= 15 is 0 Å². The number of morpholine rings is 1. The molecule has 1 saturated heterocycles. The van der Waals surface area contributed by atoms with Crippen LogP contribution in [0.1, 0.15) is 18.1 Å². The molecule has 116 valence electrons. The minimum Gasteiger partial charge on any atom is -0.493 e. The Hall–Kier alpha value is -0.620. The van der Waals surface area contributed by atoms with Gasteiger partial charge < -0.3 is 15.2 Å². The quantitative estimate of drug-likeness (QED) is 0.897. The van der Waals surface area contributed by atoms with Crippen LogP contribution in [0.25, 0.3) is 0 Å². The predicted octanol–water partition coefficient (Wildman–Crippen LogP) is 1.97. The van der Waals surface area contributed by atoms with Gasteiger partial charge in [0.15, 0.2) is 0 Å². The summed E-state index contributed by atoms with van der Waals surface area (Å²) in [6.07, 6.45) is 1.89. The van der Waals surface area contributed by atoms with Crippen LogP contribution < -0.4 is 10.5 Å². The summed E-state index contributed by atoms with van der Waals surface area (Å²) in [5.41, 5.74) is 8.90. The molecule has 0 bridgehead atoms. The fraction of sp³-hybridized carbons (Fsp3) is 0.625. The normalized spacial score (nSPS) is 23.7. The first kappa shape index (κ1) is 15.3. The highest BCUT2D eigenvalue weighted by Gasteiger charge is 2.27. The number of hydrogen-bond acceptors (Lipinski definition) is 4. The standard InChI is InChI=1S/C16H23BrN2O2/c1-2-19-4-6-20-15(10-19)14(18)9-12-8-13(17)7-11-3-5-21-16(11)12/h7-8,14-15H,2-6,9-10,18H2,1H3. The van der Waals surface area contributed by atoms with E-state index in [9.17, 15) is 0 Å². The van der Waals surface area contributed by atoms with E-state index in [-0.39, 0.29) is 12.1 Å². The fourth-order valence-corrected chi connectivity index (χ4v) is 3.71. The molecule has 2 aliphatic heterocycles. The van der Waals surface area contributed by atoms with E-state index in [2.05, 4.69) is 39.9 Å². The zero-order valence-electron chi connectivity index (χ0n) is 12.5. The van der Waals surface area contributed by atoms with E-state index in [0.717, 1.165) is 55.9 Å². The van der Waals surface area contributed by atoms with E-state index < -0.39 is 0 Å². The van der Waals surface area contributed by atoms with Crippen molar-refractivity contribution in [2.45, 2.75) is 31.9 Å². The summed E-state index contributed by atoms with van der Waals surface area (Å²) in [6.45, 7) is 6.73. The average Bonchev–Trinajstić information content (AvgIpc) is 2.95. The molecule has 0 aromatic heterocycles. The maximum absolute atomic E-state index is 6.42. The highest BCUT2D eigenvalue weighted by atomic mass is 79.9. The molecule has 2 N–H and O–H groups in total. The lowest BCUT2D eigenvalue weighted by atomic mass is 9.98. The third kappa shape index (κ3) is 3.42. The number of ether oxygens (including phenoxy) is 2. The van der Waals surface area contributed by atoms with Gasteiger partial charge in [0.25, 0.3) is 0 Å². The summed E-state index contributed by atoms with van der Waals surface area (Å²) in [5, 5.41) is 0. The third-order valence-electron chi connectivity index (χ3n) is 4.38. The number of nitrogens with zero attached hydrogens (tertiary/aromatic N) is 1. The van der Waals surface area contributed by atoms with Crippen molar-refractivity contribution in [3.8, 4) is 5.75 Å². The van der Waals surface area contributed by atoms with Crippen molar-refractivity contribution in [1.29, 1.82) is 0 Å². The SMILES string of the molecule is CCN1CCOC(C(N)Cc2cc(Br)cc3c2OCC3)C1. The molecule has 1 fully saturated rings. The second-order valence-electron chi connectivity index (χ2n) is 5.82. The van der Waals surface area contributed by atoms with Gasteiger partial charge in [-0.3, -0.25) is 4.90 Å². The van der Waals surface area contributed by atoms with E-state index in [4.69, 9.17) is 15.2 Å². The minimum absolute atomic E-state index is 0.00181. The van der Waals surface area contributed by atoms with Crippen LogP contribution in [-0.4, -0.2) is 49.9 Å². The molecule has 21 heavy (non-hydrogen) atoms. The molecule has 1 aromatic carbocycles. The molecule has 2 aliphatic rings. The molecular formula is C16H23BrN2O2. The maximum atomic E-state index is 6.42. The zero-order valence-corrected chi connectivity index (χ0v) is 14.1. The van der Waals surface area contributed by atoms with Crippen molar-refractivity contribution in [2.24, 2.45) is 5.73 Å². The monoisotopic (exact) mass is 354 g/mol. The Morgan fingerprint density at radius 2 is 2.29 bits per heavy atom. The average molecular weight is 355 g/mol. The molecule has 2 unspecified atom stereocenters.